The second kappa shape index (κ2) is 8.79. The number of rotatable bonds is 8. The normalized spacial score (nSPS) is 13.7. The molecule has 0 aromatic carbocycles. The molecular weight excluding hydrogens is 246 g/mol. The molecule has 0 spiro atoms. The van der Waals surface area contributed by atoms with E-state index in [2.05, 4.69) is 39.9 Å². The van der Waals surface area contributed by atoms with E-state index < -0.39 is 0 Å². The van der Waals surface area contributed by atoms with E-state index in [4.69, 9.17) is 11.6 Å². The van der Waals surface area contributed by atoms with Crippen molar-refractivity contribution in [2.45, 2.75) is 72.1 Å². The van der Waals surface area contributed by atoms with Crippen molar-refractivity contribution in [3.8, 4) is 0 Å². The topological polar surface area (TPSA) is 29.1 Å². The lowest BCUT2D eigenvalue weighted by atomic mass is 9.90. The molecule has 0 radical (unpaired) electrons. The van der Waals surface area contributed by atoms with Gasteiger partial charge in [0, 0.05) is 12.5 Å². The molecule has 108 valence electrons. The van der Waals surface area contributed by atoms with Crippen LogP contribution in [0.3, 0.4) is 0 Å². The zero-order valence-electron chi connectivity index (χ0n) is 12.7. The molecule has 1 N–H and O–H groups in total. The molecule has 3 heteroatoms. The van der Waals surface area contributed by atoms with Gasteiger partial charge in [-0.3, -0.25) is 4.79 Å². The zero-order valence-corrected chi connectivity index (χ0v) is 13.4. The monoisotopic (exact) mass is 275 g/mol. The summed E-state index contributed by atoms with van der Waals surface area (Å²) in [7, 11) is 0. The van der Waals surface area contributed by atoms with Crippen molar-refractivity contribution in [1.82, 2.24) is 5.32 Å². The summed E-state index contributed by atoms with van der Waals surface area (Å²) < 4.78 is 0. The van der Waals surface area contributed by atoms with E-state index in [1.165, 1.54) is 0 Å². The average molecular weight is 276 g/mol. The van der Waals surface area contributed by atoms with Gasteiger partial charge in [0.25, 0.3) is 0 Å². The SMILES string of the molecule is CCCC(CCC)C(=O)NCC(Cl)CC(C)(C)C. The van der Waals surface area contributed by atoms with E-state index in [1.807, 2.05) is 0 Å². The first-order valence-corrected chi connectivity index (χ1v) is 7.65. The van der Waals surface area contributed by atoms with Crippen LogP contribution in [0.2, 0.25) is 0 Å². The molecule has 1 atom stereocenters. The third-order valence-electron chi connectivity index (χ3n) is 2.98. The first-order chi connectivity index (χ1) is 8.30. The average Bonchev–Trinajstić information content (AvgIpc) is 2.23. The van der Waals surface area contributed by atoms with E-state index in [1.54, 1.807) is 0 Å². The molecule has 0 bridgehead atoms. The lowest BCUT2D eigenvalue weighted by Crippen LogP contribution is -2.35. The van der Waals surface area contributed by atoms with Gasteiger partial charge in [-0.2, -0.15) is 0 Å². The summed E-state index contributed by atoms with van der Waals surface area (Å²) >= 11 is 6.25. The van der Waals surface area contributed by atoms with Gasteiger partial charge in [0.2, 0.25) is 5.91 Å². The predicted molar refractivity (Wildman–Crippen MR) is 80.0 cm³/mol. The molecule has 0 aliphatic carbocycles. The third-order valence-corrected chi connectivity index (χ3v) is 3.29. The highest BCUT2D eigenvalue weighted by Crippen LogP contribution is 2.23. The van der Waals surface area contributed by atoms with Gasteiger partial charge >= 0.3 is 0 Å². The number of hydrogen-bond donors (Lipinski definition) is 1. The maximum Gasteiger partial charge on any atom is 0.223 e. The van der Waals surface area contributed by atoms with Crippen LogP contribution in [0.25, 0.3) is 0 Å². The van der Waals surface area contributed by atoms with Crippen molar-refractivity contribution < 1.29 is 4.79 Å². The van der Waals surface area contributed by atoms with Gasteiger partial charge in [0.1, 0.15) is 0 Å². The third kappa shape index (κ3) is 8.79. The number of nitrogens with one attached hydrogen (secondary N) is 1. The highest BCUT2D eigenvalue weighted by molar-refractivity contribution is 6.20. The van der Waals surface area contributed by atoms with Crippen LogP contribution < -0.4 is 5.32 Å². The van der Waals surface area contributed by atoms with E-state index in [0.717, 1.165) is 32.1 Å². The second-order valence-electron chi connectivity index (χ2n) is 6.38. The number of alkyl halides is 1. The summed E-state index contributed by atoms with van der Waals surface area (Å²) in [5, 5.41) is 3.03. The van der Waals surface area contributed by atoms with Gasteiger partial charge in [-0.1, -0.05) is 47.5 Å². The summed E-state index contributed by atoms with van der Waals surface area (Å²) in [4.78, 5) is 12.0. The van der Waals surface area contributed by atoms with E-state index >= 15 is 0 Å². The van der Waals surface area contributed by atoms with E-state index in [9.17, 15) is 4.79 Å². The summed E-state index contributed by atoms with van der Waals surface area (Å²) in [6.07, 6.45) is 4.99. The highest BCUT2D eigenvalue weighted by Gasteiger charge is 2.20. The zero-order chi connectivity index (χ0) is 14.2. The quantitative estimate of drug-likeness (QED) is 0.655. The van der Waals surface area contributed by atoms with Gasteiger partial charge in [-0.25, -0.2) is 0 Å². The molecule has 0 aromatic rings. The fourth-order valence-corrected chi connectivity index (χ4v) is 2.74. The van der Waals surface area contributed by atoms with Crippen molar-refractivity contribution in [2.75, 3.05) is 6.54 Å². The molecular formula is C15H30ClNO. The van der Waals surface area contributed by atoms with Gasteiger partial charge in [-0.15, -0.1) is 11.6 Å². The molecule has 2 nitrogen and oxygen atoms in total. The number of halogens is 1. The summed E-state index contributed by atoms with van der Waals surface area (Å²) in [6, 6.07) is 0. The first-order valence-electron chi connectivity index (χ1n) is 7.22. The van der Waals surface area contributed by atoms with Crippen LogP contribution >= 0.6 is 11.6 Å². The second-order valence-corrected chi connectivity index (χ2v) is 7.00. The molecule has 0 saturated heterocycles. The largest absolute Gasteiger partial charge is 0.354 e. The molecule has 0 aromatic heterocycles. The van der Waals surface area contributed by atoms with Crippen LogP contribution in [-0.4, -0.2) is 17.8 Å². The van der Waals surface area contributed by atoms with Gasteiger partial charge in [-0.05, 0) is 24.7 Å². The Morgan fingerprint density at radius 3 is 2.06 bits per heavy atom. The Morgan fingerprint density at radius 2 is 1.67 bits per heavy atom. The lowest BCUT2D eigenvalue weighted by molar-refractivity contribution is -0.125. The minimum atomic E-state index is 0.0258. The van der Waals surface area contributed by atoms with Gasteiger partial charge in [0.05, 0.1) is 5.38 Å². The minimum Gasteiger partial charge on any atom is -0.354 e. The Bertz CT molecular complexity index is 229. The Labute approximate surface area is 118 Å². The maximum absolute atomic E-state index is 12.0. The Kier molecular flexibility index (Phi) is 8.67. The molecule has 1 unspecified atom stereocenters. The number of hydrogen-bond acceptors (Lipinski definition) is 1. The molecule has 0 aliphatic heterocycles. The van der Waals surface area contributed by atoms with Crippen LogP contribution in [-0.2, 0) is 4.79 Å². The fourth-order valence-electron chi connectivity index (χ4n) is 2.20. The Hall–Kier alpha value is -0.240. The van der Waals surface area contributed by atoms with Crippen molar-refractivity contribution in [1.29, 1.82) is 0 Å². The fraction of sp³-hybridized carbons (Fsp3) is 0.933. The number of amides is 1. The van der Waals surface area contributed by atoms with Crippen LogP contribution in [0.1, 0.15) is 66.7 Å². The molecule has 0 fully saturated rings. The van der Waals surface area contributed by atoms with Crippen molar-refractivity contribution in [3.63, 3.8) is 0 Å². The maximum atomic E-state index is 12.0. The summed E-state index contributed by atoms with van der Waals surface area (Å²) in [5.41, 5.74) is 0.212. The molecule has 1 amide bonds. The highest BCUT2D eigenvalue weighted by atomic mass is 35.5. The minimum absolute atomic E-state index is 0.0258. The molecule has 0 heterocycles. The first kappa shape index (κ1) is 17.8. The Balaban J connectivity index is 4.06. The van der Waals surface area contributed by atoms with Crippen molar-refractivity contribution >= 4 is 17.5 Å². The predicted octanol–water partition coefficient (Wildman–Crippen LogP) is 4.36. The number of carbonyl (C=O) groups is 1. The van der Waals surface area contributed by atoms with Crippen LogP contribution in [0, 0.1) is 11.3 Å². The van der Waals surface area contributed by atoms with Crippen LogP contribution in [0.15, 0.2) is 0 Å². The van der Waals surface area contributed by atoms with Gasteiger partial charge < -0.3 is 5.32 Å². The standard InChI is InChI=1S/C15H30ClNO/c1-6-8-12(9-7-2)14(18)17-11-13(16)10-15(3,4)5/h12-13H,6-11H2,1-5H3,(H,17,18). The van der Waals surface area contributed by atoms with Crippen molar-refractivity contribution in [3.05, 3.63) is 0 Å². The van der Waals surface area contributed by atoms with Gasteiger partial charge in [0.15, 0.2) is 0 Å². The Morgan fingerprint density at radius 1 is 1.17 bits per heavy atom. The summed E-state index contributed by atoms with van der Waals surface area (Å²) in [6.45, 7) is 11.3. The molecule has 0 rings (SSSR count). The van der Waals surface area contributed by atoms with Crippen LogP contribution in [0.5, 0.6) is 0 Å². The summed E-state index contributed by atoms with van der Waals surface area (Å²) in [5.74, 6) is 0.344. The smallest absolute Gasteiger partial charge is 0.223 e. The molecule has 0 saturated carbocycles. The lowest BCUT2D eigenvalue weighted by Gasteiger charge is -2.23. The molecule has 18 heavy (non-hydrogen) atoms. The van der Waals surface area contributed by atoms with Crippen LogP contribution in [0.4, 0.5) is 0 Å². The number of carbonyl (C=O) groups excluding carboxylic acids is 1. The van der Waals surface area contributed by atoms with Crippen molar-refractivity contribution in [2.24, 2.45) is 11.3 Å². The van der Waals surface area contributed by atoms with E-state index in [-0.39, 0.29) is 22.6 Å². The molecule has 0 aliphatic rings. The van der Waals surface area contributed by atoms with E-state index in [0.29, 0.717) is 6.54 Å².